The smallest absolute Gasteiger partial charge is 0.124 e. The number of aromatic nitrogens is 2. The summed E-state index contributed by atoms with van der Waals surface area (Å²) >= 11 is 0. The van der Waals surface area contributed by atoms with Crippen molar-refractivity contribution >= 4 is 22.4 Å². The molecule has 16 heavy (non-hydrogen) atoms. The monoisotopic (exact) mass is 214 g/mol. The summed E-state index contributed by atoms with van der Waals surface area (Å²) in [6, 6.07) is 3.79. The van der Waals surface area contributed by atoms with Crippen LogP contribution in [0.1, 0.15) is 12.0 Å². The van der Waals surface area contributed by atoms with Crippen LogP contribution in [0.3, 0.4) is 0 Å². The summed E-state index contributed by atoms with van der Waals surface area (Å²) in [5.41, 5.74) is 10.3. The third-order valence-electron chi connectivity index (χ3n) is 2.95. The first kappa shape index (κ1) is 9.42. The van der Waals surface area contributed by atoms with Crippen molar-refractivity contribution in [3.05, 3.63) is 30.0 Å². The topological polar surface area (TPSA) is 66.7 Å². The first-order valence-electron chi connectivity index (χ1n) is 5.48. The van der Waals surface area contributed by atoms with E-state index in [0.29, 0.717) is 5.82 Å². The maximum absolute atomic E-state index is 5.72. The molecule has 4 nitrogen and oxygen atoms in total. The van der Waals surface area contributed by atoms with Gasteiger partial charge in [0.1, 0.15) is 5.82 Å². The van der Waals surface area contributed by atoms with Crippen LogP contribution in [0.4, 0.5) is 5.82 Å². The molecule has 0 unspecified atom stereocenters. The van der Waals surface area contributed by atoms with Crippen LogP contribution >= 0.6 is 0 Å². The number of rotatable bonds is 1. The van der Waals surface area contributed by atoms with Gasteiger partial charge in [0.05, 0.1) is 11.0 Å². The summed E-state index contributed by atoms with van der Waals surface area (Å²) in [6.07, 6.45) is 5.29. The van der Waals surface area contributed by atoms with Crippen LogP contribution in [0.2, 0.25) is 0 Å². The molecule has 3 heterocycles. The van der Waals surface area contributed by atoms with Crippen LogP contribution in [-0.2, 0) is 0 Å². The molecule has 0 saturated carbocycles. The zero-order chi connectivity index (χ0) is 11.0. The van der Waals surface area contributed by atoms with Gasteiger partial charge < -0.3 is 16.0 Å². The molecule has 2 aromatic rings. The molecule has 0 radical (unpaired) electrons. The number of fused-ring (bicyclic) bond motifs is 1. The molecule has 1 aliphatic heterocycles. The van der Waals surface area contributed by atoms with Crippen LogP contribution in [0.5, 0.6) is 0 Å². The minimum Gasteiger partial charge on any atom is -0.384 e. The Morgan fingerprint density at radius 2 is 2.25 bits per heavy atom. The van der Waals surface area contributed by atoms with Gasteiger partial charge in [-0.05, 0) is 30.7 Å². The largest absolute Gasteiger partial charge is 0.384 e. The lowest BCUT2D eigenvalue weighted by molar-refractivity contribution is 0.739. The molecule has 82 valence electrons. The predicted molar refractivity (Wildman–Crippen MR) is 66.0 cm³/mol. The highest BCUT2D eigenvalue weighted by atomic mass is 14.9. The maximum atomic E-state index is 5.72. The van der Waals surface area contributed by atoms with Crippen molar-refractivity contribution in [3.63, 3.8) is 0 Å². The van der Waals surface area contributed by atoms with E-state index >= 15 is 0 Å². The maximum Gasteiger partial charge on any atom is 0.124 e. The van der Waals surface area contributed by atoms with E-state index in [-0.39, 0.29) is 0 Å². The van der Waals surface area contributed by atoms with Crippen molar-refractivity contribution in [3.8, 4) is 0 Å². The van der Waals surface area contributed by atoms with E-state index in [1.807, 2.05) is 18.3 Å². The molecule has 4 N–H and O–H groups in total. The Labute approximate surface area is 93.6 Å². The van der Waals surface area contributed by atoms with Gasteiger partial charge in [-0.1, -0.05) is 6.08 Å². The van der Waals surface area contributed by atoms with Crippen molar-refractivity contribution < 1.29 is 0 Å². The Bertz CT molecular complexity index is 553. The standard InChI is InChI=1S/C12H14N4/c13-11-2-1-10-12(16-11)9(7-15-10)8-3-5-14-6-4-8/h1-3,7,14-15H,4-6H2,(H2,13,16). The summed E-state index contributed by atoms with van der Waals surface area (Å²) in [4.78, 5) is 7.63. The summed E-state index contributed by atoms with van der Waals surface area (Å²) in [5, 5.41) is 3.30. The second-order valence-corrected chi connectivity index (χ2v) is 4.02. The fraction of sp³-hybridized carbons (Fsp3) is 0.250. The molecule has 3 rings (SSSR count). The molecule has 4 heteroatoms. The molecule has 0 atom stereocenters. The quantitative estimate of drug-likeness (QED) is 0.674. The molecule has 2 aromatic heterocycles. The lowest BCUT2D eigenvalue weighted by atomic mass is 10.0. The molecule has 0 spiro atoms. The number of anilines is 1. The van der Waals surface area contributed by atoms with Crippen LogP contribution in [0.25, 0.3) is 16.6 Å². The van der Waals surface area contributed by atoms with Crippen molar-refractivity contribution in [2.45, 2.75) is 6.42 Å². The minimum atomic E-state index is 0.572. The van der Waals surface area contributed by atoms with E-state index in [2.05, 4.69) is 21.4 Å². The van der Waals surface area contributed by atoms with Crippen LogP contribution in [0, 0.1) is 0 Å². The van der Waals surface area contributed by atoms with Gasteiger partial charge in [0.2, 0.25) is 0 Å². The third-order valence-corrected chi connectivity index (χ3v) is 2.95. The number of pyridine rings is 1. The Balaban J connectivity index is 2.16. The SMILES string of the molecule is Nc1ccc2[nH]cc(C3=CCNCC3)c2n1. The summed E-state index contributed by atoms with van der Waals surface area (Å²) in [7, 11) is 0. The average molecular weight is 214 g/mol. The van der Waals surface area contributed by atoms with Gasteiger partial charge in [-0.3, -0.25) is 0 Å². The Morgan fingerprint density at radius 3 is 3.06 bits per heavy atom. The number of H-pyrrole nitrogens is 1. The average Bonchev–Trinajstić information content (AvgIpc) is 2.73. The number of nitrogens with two attached hydrogens (primary N) is 1. The van der Waals surface area contributed by atoms with Crippen molar-refractivity contribution in [1.29, 1.82) is 0 Å². The highest BCUT2D eigenvalue weighted by Gasteiger charge is 2.11. The number of nitrogens with one attached hydrogen (secondary N) is 2. The lowest BCUT2D eigenvalue weighted by Crippen LogP contribution is -2.19. The van der Waals surface area contributed by atoms with Gasteiger partial charge >= 0.3 is 0 Å². The van der Waals surface area contributed by atoms with E-state index < -0.39 is 0 Å². The van der Waals surface area contributed by atoms with Crippen LogP contribution in [0.15, 0.2) is 24.4 Å². The molecular formula is C12H14N4. The number of hydrogen-bond acceptors (Lipinski definition) is 3. The predicted octanol–water partition coefficient (Wildman–Crippen LogP) is 1.52. The van der Waals surface area contributed by atoms with Gasteiger partial charge in [0.15, 0.2) is 0 Å². The lowest BCUT2D eigenvalue weighted by Gasteiger charge is -2.12. The summed E-state index contributed by atoms with van der Waals surface area (Å²) in [5.74, 6) is 0.572. The van der Waals surface area contributed by atoms with Gasteiger partial charge in [-0.25, -0.2) is 4.98 Å². The van der Waals surface area contributed by atoms with E-state index in [4.69, 9.17) is 5.73 Å². The van der Waals surface area contributed by atoms with Crippen molar-refractivity contribution in [2.24, 2.45) is 0 Å². The van der Waals surface area contributed by atoms with Crippen molar-refractivity contribution in [1.82, 2.24) is 15.3 Å². The summed E-state index contributed by atoms with van der Waals surface area (Å²) in [6.45, 7) is 1.96. The first-order valence-corrected chi connectivity index (χ1v) is 5.48. The Kier molecular flexibility index (Phi) is 2.15. The van der Waals surface area contributed by atoms with Crippen molar-refractivity contribution in [2.75, 3.05) is 18.8 Å². The van der Waals surface area contributed by atoms with Gasteiger partial charge in [0, 0.05) is 18.3 Å². The molecule has 0 fully saturated rings. The van der Waals surface area contributed by atoms with Gasteiger partial charge in [0.25, 0.3) is 0 Å². The van der Waals surface area contributed by atoms with E-state index in [1.165, 1.54) is 11.1 Å². The number of nitrogen functional groups attached to an aromatic ring is 1. The molecule has 1 aliphatic rings. The third kappa shape index (κ3) is 1.47. The first-order chi connectivity index (χ1) is 7.84. The number of aromatic amines is 1. The van der Waals surface area contributed by atoms with E-state index in [1.54, 1.807) is 0 Å². The fourth-order valence-electron chi connectivity index (χ4n) is 2.13. The number of hydrogen-bond donors (Lipinski definition) is 3. The van der Waals surface area contributed by atoms with E-state index in [0.717, 1.165) is 30.5 Å². The van der Waals surface area contributed by atoms with Crippen LogP contribution in [-0.4, -0.2) is 23.1 Å². The normalized spacial score (nSPS) is 16.4. The molecule has 0 amide bonds. The zero-order valence-electron chi connectivity index (χ0n) is 8.96. The fourth-order valence-corrected chi connectivity index (χ4v) is 2.13. The van der Waals surface area contributed by atoms with Crippen LogP contribution < -0.4 is 11.1 Å². The highest BCUT2D eigenvalue weighted by molar-refractivity contribution is 5.90. The molecule has 0 saturated heterocycles. The second-order valence-electron chi connectivity index (χ2n) is 4.02. The highest BCUT2D eigenvalue weighted by Crippen LogP contribution is 2.26. The summed E-state index contributed by atoms with van der Waals surface area (Å²) < 4.78 is 0. The second kappa shape index (κ2) is 3.64. The molecule has 0 bridgehead atoms. The molecule has 0 aliphatic carbocycles. The Morgan fingerprint density at radius 1 is 1.31 bits per heavy atom. The van der Waals surface area contributed by atoms with E-state index in [9.17, 15) is 0 Å². The van der Waals surface area contributed by atoms with Gasteiger partial charge in [-0.2, -0.15) is 0 Å². The minimum absolute atomic E-state index is 0.572. The molecule has 0 aromatic carbocycles. The molecular weight excluding hydrogens is 200 g/mol. The zero-order valence-corrected chi connectivity index (χ0v) is 8.96. The van der Waals surface area contributed by atoms with Gasteiger partial charge in [-0.15, -0.1) is 0 Å². The Hall–Kier alpha value is -1.81. The number of nitrogens with zero attached hydrogens (tertiary/aromatic N) is 1.